The van der Waals surface area contributed by atoms with Crippen LogP contribution in [0.3, 0.4) is 0 Å². The highest BCUT2D eigenvalue weighted by atomic mass is 16.5. The van der Waals surface area contributed by atoms with Gasteiger partial charge in [0.05, 0.1) is 0 Å². The maximum atomic E-state index is 6.35. The third kappa shape index (κ3) is 2.93. The van der Waals surface area contributed by atoms with E-state index in [0.717, 1.165) is 44.8 Å². The van der Waals surface area contributed by atoms with Crippen molar-refractivity contribution in [3.8, 4) is 5.75 Å². The van der Waals surface area contributed by atoms with E-state index >= 15 is 0 Å². The standard InChI is InChI=1S/C17H26N2O/c1-3-19-11-8-17(2,9-12-19)20-15-6-7-16-14(13-15)5-4-10-18-16/h6-7,13,18H,3-5,8-12H2,1-2H3. The average Bonchev–Trinajstić information content (AvgIpc) is 2.48. The average molecular weight is 274 g/mol. The molecule has 2 aliphatic rings. The quantitative estimate of drug-likeness (QED) is 0.915. The molecule has 1 fully saturated rings. The fourth-order valence-electron chi connectivity index (χ4n) is 3.24. The van der Waals surface area contributed by atoms with Gasteiger partial charge in [-0.25, -0.2) is 0 Å². The van der Waals surface area contributed by atoms with Crippen molar-refractivity contribution in [2.45, 2.75) is 45.1 Å². The van der Waals surface area contributed by atoms with E-state index in [0.29, 0.717) is 0 Å². The van der Waals surface area contributed by atoms with Crippen LogP contribution in [-0.2, 0) is 6.42 Å². The number of rotatable bonds is 3. The lowest BCUT2D eigenvalue weighted by atomic mass is 9.93. The van der Waals surface area contributed by atoms with E-state index in [9.17, 15) is 0 Å². The van der Waals surface area contributed by atoms with Gasteiger partial charge in [-0.15, -0.1) is 0 Å². The molecule has 0 bridgehead atoms. The summed E-state index contributed by atoms with van der Waals surface area (Å²) in [6.45, 7) is 9.05. The molecule has 2 heterocycles. The number of likely N-dealkylation sites (tertiary alicyclic amines) is 1. The Bertz CT molecular complexity index is 464. The van der Waals surface area contributed by atoms with Gasteiger partial charge in [0.2, 0.25) is 0 Å². The topological polar surface area (TPSA) is 24.5 Å². The molecule has 1 N–H and O–H groups in total. The summed E-state index contributed by atoms with van der Waals surface area (Å²) in [6.07, 6.45) is 4.63. The summed E-state index contributed by atoms with van der Waals surface area (Å²) in [7, 11) is 0. The largest absolute Gasteiger partial charge is 0.487 e. The van der Waals surface area contributed by atoms with Crippen molar-refractivity contribution in [2.24, 2.45) is 0 Å². The minimum absolute atomic E-state index is 0.00199. The van der Waals surface area contributed by atoms with Crippen LogP contribution in [0.2, 0.25) is 0 Å². The number of nitrogens with zero attached hydrogens (tertiary/aromatic N) is 1. The van der Waals surface area contributed by atoms with Crippen LogP contribution in [0.1, 0.15) is 38.7 Å². The van der Waals surface area contributed by atoms with Crippen molar-refractivity contribution in [3.05, 3.63) is 23.8 Å². The number of nitrogens with one attached hydrogen (secondary N) is 1. The van der Waals surface area contributed by atoms with Crippen LogP contribution in [0.15, 0.2) is 18.2 Å². The number of fused-ring (bicyclic) bond motifs is 1. The van der Waals surface area contributed by atoms with E-state index in [1.807, 2.05) is 0 Å². The molecule has 1 aromatic carbocycles. The Balaban J connectivity index is 1.68. The van der Waals surface area contributed by atoms with Crippen LogP contribution in [0.5, 0.6) is 5.75 Å². The zero-order valence-electron chi connectivity index (χ0n) is 12.7. The number of aryl methyl sites for hydroxylation is 1. The van der Waals surface area contributed by atoms with Crippen LogP contribution in [-0.4, -0.2) is 36.7 Å². The van der Waals surface area contributed by atoms with Crippen LogP contribution in [0.25, 0.3) is 0 Å². The second kappa shape index (κ2) is 5.65. The minimum Gasteiger partial charge on any atom is -0.487 e. The van der Waals surface area contributed by atoms with Gasteiger partial charge in [0.15, 0.2) is 0 Å². The highest BCUT2D eigenvalue weighted by molar-refractivity contribution is 5.55. The number of ether oxygens (including phenoxy) is 1. The van der Waals surface area contributed by atoms with Crippen molar-refractivity contribution in [1.82, 2.24) is 4.90 Å². The number of piperidine rings is 1. The Labute approximate surface area is 122 Å². The smallest absolute Gasteiger partial charge is 0.120 e. The van der Waals surface area contributed by atoms with Crippen molar-refractivity contribution >= 4 is 5.69 Å². The van der Waals surface area contributed by atoms with Crippen molar-refractivity contribution < 1.29 is 4.74 Å². The van der Waals surface area contributed by atoms with Crippen molar-refractivity contribution in [3.63, 3.8) is 0 Å². The second-order valence-corrected chi connectivity index (χ2v) is 6.34. The molecule has 0 aliphatic carbocycles. The number of benzene rings is 1. The van der Waals surface area contributed by atoms with Gasteiger partial charge in [-0.3, -0.25) is 0 Å². The molecule has 110 valence electrons. The fourth-order valence-corrected chi connectivity index (χ4v) is 3.24. The van der Waals surface area contributed by atoms with E-state index in [-0.39, 0.29) is 5.60 Å². The summed E-state index contributed by atoms with van der Waals surface area (Å²) in [5.41, 5.74) is 2.69. The van der Waals surface area contributed by atoms with Gasteiger partial charge in [0, 0.05) is 25.3 Å². The Kier molecular flexibility index (Phi) is 3.88. The third-order valence-electron chi connectivity index (χ3n) is 4.74. The molecular weight excluding hydrogens is 248 g/mol. The maximum Gasteiger partial charge on any atom is 0.120 e. The highest BCUT2D eigenvalue weighted by Gasteiger charge is 2.31. The van der Waals surface area contributed by atoms with Crippen LogP contribution in [0.4, 0.5) is 5.69 Å². The lowest BCUT2D eigenvalue weighted by Gasteiger charge is -2.39. The van der Waals surface area contributed by atoms with Crippen LogP contribution >= 0.6 is 0 Å². The van der Waals surface area contributed by atoms with Gasteiger partial charge in [-0.2, -0.15) is 0 Å². The molecule has 0 amide bonds. The van der Waals surface area contributed by atoms with Crippen LogP contribution < -0.4 is 10.1 Å². The normalized spacial score (nSPS) is 21.9. The SMILES string of the molecule is CCN1CCC(C)(Oc2ccc3c(c2)CCCN3)CC1. The molecule has 3 nitrogen and oxygen atoms in total. The molecule has 0 saturated carbocycles. The zero-order valence-corrected chi connectivity index (χ0v) is 12.7. The van der Waals surface area contributed by atoms with Gasteiger partial charge >= 0.3 is 0 Å². The molecule has 3 heteroatoms. The number of anilines is 1. The highest BCUT2D eigenvalue weighted by Crippen LogP contribution is 2.32. The van der Waals surface area contributed by atoms with Gasteiger partial charge in [-0.05, 0) is 62.9 Å². The molecule has 20 heavy (non-hydrogen) atoms. The maximum absolute atomic E-state index is 6.35. The molecule has 0 atom stereocenters. The van der Waals surface area contributed by atoms with Crippen molar-refractivity contribution in [2.75, 3.05) is 31.5 Å². The number of hydrogen-bond donors (Lipinski definition) is 1. The van der Waals surface area contributed by atoms with Crippen LogP contribution in [0, 0.1) is 0 Å². The van der Waals surface area contributed by atoms with Gasteiger partial charge in [0.25, 0.3) is 0 Å². The lowest BCUT2D eigenvalue weighted by Crippen LogP contribution is -2.45. The monoisotopic (exact) mass is 274 g/mol. The van der Waals surface area contributed by atoms with E-state index in [1.54, 1.807) is 0 Å². The lowest BCUT2D eigenvalue weighted by molar-refractivity contribution is 0.0183. The van der Waals surface area contributed by atoms with Crippen molar-refractivity contribution in [1.29, 1.82) is 0 Å². The van der Waals surface area contributed by atoms with Gasteiger partial charge in [0.1, 0.15) is 11.4 Å². The summed E-state index contributed by atoms with van der Waals surface area (Å²) < 4.78 is 6.35. The Hall–Kier alpha value is -1.22. The second-order valence-electron chi connectivity index (χ2n) is 6.34. The first kappa shape index (κ1) is 13.7. The summed E-state index contributed by atoms with van der Waals surface area (Å²) in [6, 6.07) is 6.53. The van der Waals surface area contributed by atoms with Gasteiger partial charge < -0.3 is 15.0 Å². The molecule has 0 unspecified atom stereocenters. The zero-order chi connectivity index (χ0) is 14.0. The van der Waals surface area contributed by atoms with E-state index in [2.05, 4.69) is 42.3 Å². The Morgan fingerprint density at radius 1 is 1.30 bits per heavy atom. The molecule has 0 radical (unpaired) electrons. The Morgan fingerprint density at radius 3 is 2.85 bits per heavy atom. The van der Waals surface area contributed by atoms with Gasteiger partial charge in [-0.1, -0.05) is 6.92 Å². The predicted octanol–water partition coefficient (Wildman–Crippen LogP) is 3.30. The third-order valence-corrected chi connectivity index (χ3v) is 4.74. The summed E-state index contributed by atoms with van der Waals surface area (Å²) in [5.74, 6) is 1.04. The van der Waals surface area contributed by atoms with E-state index in [4.69, 9.17) is 4.74 Å². The Morgan fingerprint density at radius 2 is 2.10 bits per heavy atom. The molecule has 2 aliphatic heterocycles. The minimum atomic E-state index is 0.00199. The molecule has 1 saturated heterocycles. The fraction of sp³-hybridized carbons (Fsp3) is 0.647. The predicted molar refractivity (Wildman–Crippen MR) is 83.6 cm³/mol. The summed E-state index contributed by atoms with van der Waals surface area (Å²) in [4.78, 5) is 2.50. The summed E-state index contributed by atoms with van der Waals surface area (Å²) >= 11 is 0. The van der Waals surface area contributed by atoms with E-state index < -0.39 is 0 Å². The molecule has 0 aromatic heterocycles. The summed E-state index contributed by atoms with van der Waals surface area (Å²) in [5, 5.41) is 3.45. The van der Waals surface area contributed by atoms with E-state index in [1.165, 1.54) is 24.1 Å². The molecule has 3 rings (SSSR count). The first-order valence-corrected chi connectivity index (χ1v) is 7.97. The first-order chi connectivity index (χ1) is 9.68. The molecule has 1 aromatic rings. The molecule has 0 spiro atoms. The molecular formula is C17H26N2O. The number of hydrogen-bond acceptors (Lipinski definition) is 3. The first-order valence-electron chi connectivity index (χ1n) is 7.97.